The number of amides is 1. The smallest absolute Gasteiger partial charge is 0.258 e. The second-order valence-corrected chi connectivity index (χ2v) is 5.70. The number of benzene rings is 2. The van der Waals surface area contributed by atoms with Gasteiger partial charge in [0.2, 0.25) is 0 Å². The van der Waals surface area contributed by atoms with Crippen LogP contribution in [0.1, 0.15) is 10.4 Å². The van der Waals surface area contributed by atoms with Crippen LogP contribution in [0, 0.1) is 0 Å². The molecule has 0 atom stereocenters. The van der Waals surface area contributed by atoms with Gasteiger partial charge in [0.25, 0.3) is 5.91 Å². The van der Waals surface area contributed by atoms with E-state index in [0.717, 1.165) is 11.3 Å². The first-order chi connectivity index (χ1) is 10.3. The first-order valence-electron chi connectivity index (χ1n) is 6.73. The fraction of sp³-hybridized carbons (Fsp3) is 0.0556. The molecule has 21 heavy (non-hydrogen) atoms. The number of hydrogen-bond donors (Lipinski definition) is 0. The molecule has 2 nitrogen and oxygen atoms in total. The van der Waals surface area contributed by atoms with Crippen molar-refractivity contribution >= 4 is 22.9 Å². The summed E-state index contributed by atoms with van der Waals surface area (Å²) in [5.74, 6) is -0.000991. The summed E-state index contributed by atoms with van der Waals surface area (Å²) < 4.78 is 0. The standard InChI is InChI=1S/C18H15NOS/c1-19(16-6-3-2-4-7-16)18(20)15-11-9-14(10-12-15)17-8-5-13-21-17/h2-13H,1H3. The van der Waals surface area contributed by atoms with Crippen molar-refractivity contribution in [2.75, 3.05) is 11.9 Å². The van der Waals surface area contributed by atoms with Crippen LogP contribution in [0.4, 0.5) is 5.69 Å². The van der Waals surface area contributed by atoms with Crippen molar-refractivity contribution in [2.24, 2.45) is 0 Å². The molecule has 104 valence electrons. The molecule has 0 fully saturated rings. The third-order valence-electron chi connectivity index (χ3n) is 3.39. The Balaban J connectivity index is 1.82. The van der Waals surface area contributed by atoms with Crippen molar-refractivity contribution in [3.05, 3.63) is 77.7 Å². The molecule has 0 aliphatic heterocycles. The summed E-state index contributed by atoms with van der Waals surface area (Å²) in [4.78, 5) is 15.4. The number of anilines is 1. The van der Waals surface area contributed by atoms with E-state index in [-0.39, 0.29) is 5.91 Å². The van der Waals surface area contributed by atoms with Crippen LogP contribution in [-0.4, -0.2) is 13.0 Å². The van der Waals surface area contributed by atoms with E-state index in [1.165, 1.54) is 4.88 Å². The number of thiophene rings is 1. The highest BCUT2D eigenvalue weighted by Crippen LogP contribution is 2.25. The Morgan fingerprint density at radius 2 is 1.62 bits per heavy atom. The summed E-state index contributed by atoms with van der Waals surface area (Å²) >= 11 is 1.70. The fourth-order valence-corrected chi connectivity index (χ4v) is 2.92. The van der Waals surface area contributed by atoms with Gasteiger partial charge in [-0.2, -0.15) is 0 Å². The van der Waals surface area contributed by atoms with Crippen LogP contribution in [0.3, 0.4) is 0 Å². The monoisotopic (exact) mass is 293 g/mol. The molecule has 1 heterocycles. The van der Waals surface area contributed by atoms with Gasteiger partial charge in [-0.05, 0) is 41.3 Å². The second kappa shape index (κ2) is 5.94. The van der Waals surface area contributed by atoms with Crippen molar-refractivity contribution < 1.29 is 4.79 Å². The average Bonchev–Trinajstić information content (AvgIpc) is 3.09. The quantitative estimate of drug-likeness (QED) is 0.686. The summed E-state index contributed by atoms with van der Waals surface area (Å²) in [6.07, 6.45) is 0. The summed E-state index contributed by atoms with van der Waals surface area (Å²) in [5, 5.41) is 2.05. The molecule has 3 aromatic rings. The Kier molecular flexibility index (Phi) is 3.84. The zero-order chi connectivity index (χ0) is 14.7. The minimum absolute atomic E-state index is 0.000991. The van der Waals surface area contributed by atoms with Crippen LogP contribution in [0.2, 0.25) is 0 Å². The van der Waals surface area contributed by atoms with Gasteiger partial charge in [0, 0.05) is 23.2 Å². The van der Waals surface area contributed by atoms with Crippen LogP contribution in [0.5, 0.6) is 0 Å². The molecule has 0 saturated carbocycles. The molecule has 0 saturated heterocycles. The van der Waals surface area contributed by atoms with E-state index in [4.69, 9.17) is 0 Å². The molecule has 3 rings (SSSR count). The molecule has 1 aromatic heterocycles. The van der Waals surface area contributed by atoms with E-state index >= 15 is 0 Å². The van der Waals surface area contributed by atoms with E-state index in [9.17, 15) is 4.79 Å². The number of carbonyl (C=O) groups excluding carboxylic acids is 1. The maximum Gasteiger partial charge on any atom is 0.258 e. The van der Waals surface area contributed by atoms with Crippen molar-refractivity contribution in [3.63, 3.8) is 0 Å². The van der Waals surface area contributed by atoms with Gasteiger partial charge in [-0.25, -0.2) is 0 Å². The lowest BCUT2D eigenvalue weighted by molar-refractivity contribution is 0.0993. The highest BCUT2D eigenvalue weighted by Gasteiger charge is 2.13. The predicted molar refractivity (Wildman–Crippen MR) is 88.9 cm³/mol. The minimum atomic E-state index is -0.000991. The zero-order valence-electron chi connectivity index (χ0n) is 11.7. The fourth-order valence-electron chi connectivity index (χ4n) is 2.18. The second-order valence-electron chi connectivity index (χ2n) is 4.75. The van der Waals surface area contributed by atoms with Gasteiger partial charge in [0.1, 0.15) is 0 Å². The third kappa shape index (κ3) is 2.88. The van der Waals surface area contributed by atoms with Gasteiger partial charge in [-0.3, -0.25) is 4.79 Å². The molecule has 1 amide bonds. The largest absolute Gasteiger partial charge is 0.311 e. The molecule has 0 bridgehead atoms. The van der Waals surface area contributed by atoms with Crippen molar-refractivity contribution in [1.29, 1.82) is 0 Å². The average molecular weight is 293 g/mol. The molecular weight excluding hydrogens is 278 g/mol. The van der Waals surface area contributed by atoms with E-state index < -0.39 is 0 Å². The van der Waals surface area contributed by atoms with Gasteiger partial charge < -0.3 is 4.90 Å². The van der Waals surface area contributed by atoms with Crippen LogP contribution in [0.25, 0.3) is 10.4 Å². The number of nitrogens with zero attached hydrogens (tertiary/aromatic N) is 1. The minimum Gasteiger partial charge on any atom is -0.311 e. The molecule has 0 aliphatic rings. The number of rotatable bonds is 3. The summed E-state index contributed by atoms with van der Waals surface area (Å²) in [7, 11) is 1.80. The normalized spacial score (nSPS) is 10.3. The Labute approximate surface area is 128 Å². The number of carbonyl (C=O) groups is 1. The maximum atomic E-state index is 12.5. The van der Waals surface area contributed by atoms with E-state index in [1.54, 1.807) is 23.3 Å². The lowest BCUT2D eigenvalue weighted by atomic mass is 10.1. The van der Waals surface area contributed by atoms with Gasteiger partial charge in [0.05, 0.1) is 0 Å². The van der Waals surface area contributed by atoms with E-state index in [1.807, 2.05) is 60.7 Å². The Bertz CT molecular complexity index is 718. The first-order valence-corrected chi connectivity index (χ1v) is 7.61. The first kappa shape index (κ1) is 13.6. The lowest BCUT2D eigenvalue weighted by Crippen LogP contribution is -2.25. The van der Waals surface area contributed by atoms with Gasteiger partial charge in [-0.15, -0.1) is 11.3 Å². The van der Waals surface area contributed by atoms with Crippen LogP contribution < -0.4 is 4.90 Å². The molecule has 0 unspecified atom stereocenters. The van der Waals surface area contributed by atoms with Gasteiger partial charge in [0.15, 0.2) is 0 Å². The predicted octanol–water partition coefficient (Wildman–Crippen LogP) is 4.69. The molecule has 3 heteroatoms. The number of para-hydroxylation sites is 1. The summed E-state index contributed by atoms with van der Waals surface area (Å²) in [6.45, 7) is 0. The molecule has 2 aromatic carbocycles. The topological polar surface area (TPSA) is 20.3 Å². The maximum absolute atomic E-state index is 12.5. The molecule has 0 N–H and O–H groups in total. The molecule has 0 radical (unpaired) electrons. The van der Waals surface area contributed by atoms with Crippen LogP contribution >= 0.6 is 11.3 Å². The van der Waals surface area contributed by atoms with E-state index in [2.05, 4.69) is 11.4 Å². The summed E-state index contributed by atoms with van der Waals surface area (Å²) in [5.41, 5.74) is 2.73. The zero-order valence-corrected chi connectivity index (χ0v) is 12.5. The Hall–Kier alpha value is -2.39. The van der Waals surface area contributed by atoms with E-state index in [0.29, 0.717) is 5.56 Å². The lowest BCUT2D eigenvalue weighted by Gasteiger charge is -2.17. The van der Waals surface area contributed by atoms with Crippen molar-refractivity contribution in [3.8, 4) is 10.4 Å². The van der Waals surface area contributed by atoms with Crippen LogP contribution in [0.15, 0.2) is 72.1 Å². The molecule has 0 aliphatic carbocycles. The molecule has 0 spiro atoms. The highest BCUT2D eigenvalue weighted by molar-refractivity contribution is 7.13. The highest BCUT2D eigenvalue weighted by atomic mass is 32.1. The van der Waals surface area contributed by atoms with Crippen LogP contribution in [-0.2, 0) is 0 Å². The summed E-state index contributed by atoms with van der Waals surface area (Å²) in [6, 6.07) is 21.5. The van der Waals surface area contributed by atoms with Gasteiger partial charge >= 0.3 is 0 Å². The Morgan fingerprint density at radius 3 is 2.24 bits per heavy atom. The Morgan fingerprint density at radius 1 is 0.905 bits per heavy atom. The number of hydrogen-bond acceptors (Lipinski definition) is 2. The SMILES string of the molecule is CN(C(=O)c1ccc(-c2cccs2)cc1)c1ccccc1. The van der Waals surface area contributed by atoms with Crippen molar-refractivity contribution in [2.45, 2.75) is 0 Å². The van der Waals surface area contributed by atoms with Gasteiger partial charge in [-0.1, -0.05) is 36.4 Å². The molecular formula is C18H15NOS. The third-order valence-corrected chi connectivity index (χ3v) is 4.30. The van der Waals surface area contributed by atoms with Crippen molar-refractivity contribution in [1.82, 2.24) is 0 Å².